The number of methoxy groups -OCH3 is 1. The van der Waals surface area contributed by atoms with Gasteiger partial charge in [-0.1, -0.05) is 59.8 Å². The topological polar surface area (TPSA) is 46.5 Å². The normalized spacial score (nSPS) is 14.0. The Kier molecular flexibility index (Phi) is 7.25. The second kappa shape index (κ2) is 8.60. The molecule has 1 aromatic carbocycles. The van der Waals surface area contributed by atoms with Crippen LogP contribution < -0.4 is 4.74 Å². The fourth-order valence-electron chi connectivity index (χ4n) is 2.87. The summed E-state index contributed by atoms with van der Waals surface area (Å²) in [4.78, 5) is 10.7. The Hall–Kier alpha value is -2.29. The van der Waals surface area contributed by atoms with Gasteiger partial charge in [0.05, 0.1) is 7.11 Å². The molecule has 0 unspecified atom stereocenters. The van der Waals surface area contributed by atoms with Crippen molar-refractivity contribution in [3.05, 3.63) is 58.7 Å². The second-order valence-corrected chi connectivity index (χ2v) is 9.04. The molecular weight excluding hydrogens is 336 g/mol. The fourth-order valence-corrected chi connectivity index (χ4v) is 2.87. The lowest BCUT2D eigenvalue weighted by molar-refractivity contribution is -0.131. The lowest BCUT2D eigenvalue weighted by Gasteiger charge is -2.30. The van der Waals surface area contributed by atoms with E-state index >= 15 is 0 Å². The van der Waals surface area contributed by atoms with Crippen molar-refractivity contribution in [3.63, 3.8) is 0 Å². The quantitative estimate of drug-likeness (QED) is 0.490. The summed E-state index contributed by atoms with van der Waals surface area (Å²) in [5.74, 6) is 0.0278. The van der Waals surface area contributed by atoms with Gasteiger partial charge in [-0.15, -0.1) is 0 Å². The van der Waals surface area contributed by atoms with Crippen molar-refractivity contribution < 1.29 is 14.6 Å². The number of hydrogen-bond acceptors (Lipinski definition) is 2. The molecule has 0 aliphatic carbocycles. The summed E-state index contributed by atoms with van der Waals surface area (Å²) in [5.41, 5.74) is 5.25. The molecule has 1 N–H and O–H groups in total. The lowest BCUT2D eigenvalue weighted by Crippen LogP contribution is -2.19. The van der Waals surface area contributed by atoms with Gasteiger partial charge in [0.15, 0.2) is 0 Å². The van der Waals surface area contributed by atoms with Crippen LogP contribution >= 0.6 is 0 Å². The number of aliphatic carboxylic acids is 1. The molecule has 0 fully saturated rings. The van der Waals surface area contributed by atoms with Gasteiger partial charge in [0, 0.05) is 17.2 Å². The van der Waals surface area contributed by atoms with Gasteiger partial charge in [-0.05, 0) is 53.5 Å². The van der Waals surface area contributed by atoms with E-state index in [1.54, 1.807) is 20.1 Å². The van der Waals surface area contributed by atoms with Gasteiger partial charge in [0.2, 0.25) is 0 Å². The van der Waals surface area contributed by atoms with Gasteiger partial charge in [-0.3, -0.25) is 0 Å². The molecule has 0 bridgehead atoms. The van der Waals surface area contributed by atoms with Crippen molar-refractivity contribution in [2.24, 2.45) is 0 Å². The molecule has 1 aromatic rings. The van der Waals surface area contributed by atoms with E-state index in [1.807, 2.05) is 12.2 Å². The van der Waals surface area contributed by atoms with Gasteiger partial charge in [0.1, 0.15) is 5.75 Å². The highest BCUT2D eigenvalue weighted by molar-refractivity contribution is 5.81. The molecular formula is C24H34O3. The zero-order chi connectivity index (χ0) is 21.0. The summed E-state index contributed by atoms with van der Waals surface area (Å²) in [6.45, 7) is 17.0. The van der Waals surface area contributed by atoms with Crippen LogP contribution in [0.25, 0.3) is 5.57 Å². The maximum Gasteiger partial charge on any atom is 0.328 e. The Morgan fingerprint density at radius 2 is 1.48 bits per heavy atom. The Morgan fingerprint density at radius 1 is 1.00 bits per heavy atom. The van der Waals surface area contributed by atoms with Crippen molar-refractivity contribution in [1.29, 1.82) is 0 Å². The van der Waals surface area contributed by atoms with Gasteiger partial charge in [-0.25, -0.2) is 4.79 Å². The van der Waals surface area contributed by atoms with Crippen LogP contribution in [0.5, 0.6) is 5.75 Å². The highest BCUT2D eigenvalue weighted by atomic mass is 16.5. The molecule has 148 valence electrons. The first-order chi connectivity index (χ1) is 12.3. The molecule has 0 atom stereocenters. The van der Waals surface area contributed by atoms with Crippen LogP contribution in [0.15, 0.2) is 42.0 Å². The Morgan fingerprint density at radius 3 is 1.85 bits per heavy atom. The first-order valence-corrected chi connectivity index (χ1v) is 9.27. The van der Waals surface area contributed by atoms with E-state index < -0.39 is 5.97 Å². The zero-order valence-corrected chi connectivity index (χ0v) is 18.2. The largest absolute Gasteiger partial charge is 0.496 e. The number of carbonyl (C=O) groups is 1. The number of ether oxygens (including phenoxy) is 1. The van der Waals surface area contributed by atoms with E-state index in [-0.39, 0.29) is 10.8 Å². The number of benzene rings is 1. The average molecular weight is 371 g/mol. The van der Waals surface area contributed by atoms with Gasteiger partial charge in [-0.2, -0.15) is 0 Å². The third-order valence-electron chi connectivity index (χ3n) is 4.42. The summed E-state index contributed by atoms with van der Waals surface area (Å²) in [5, 5.41) is 8.80. The second-order valence-electron chi connectivity index (χ2n) is 9.04. The number of hydrogen-bond donors (Lipinski definition) is 1. The van der Waals surface area contributed by atoms with Crippen molar-refractivity contribution in [1.82, 2.24) is 0 Å². The molecule has 1 rings (SSSR count). The molecule has 0 aliphatic heterocycles. The third-order valence-corrected chi connectivity index (χ3v) is 4.42. The number of rotatable bonds is 5. The molecule has 3 nitrogen and oxygen atoms in total. The summed E-state index contributed by atoms with van der Waals surface area (Å²) < 4.78 is 5.82. The predicted molar refractivity (Wildman–Crippen MR) is 115 cm³/mol. The van der Waals surface area contributed by atoms with E-state index in [1.165, 1.54) is 17.2 Å². The smallest absolute Gasteiger partial charge is 0.328 e. The van der Waals surface area contributed by atoms with Gasteiger partial charge >= 0.3 is 5.97 Å². The minimum atomic E-state index is -0.933. The fraction of sp³-hybridized carbons (Fsp3) is 0.458. The Bertz CT molecular complexity index is 744. The Balaban J connectivity index is 3.49. The van der Waals surface area contributed by atoms with E-state index in [0.717, 1.165) is 16.9 Å². The van der Waals surface area contributed by atoms with E-state index in [4.69, 9.17) is 9.84 Å². The molecule has 0 saturated carbocycles. The van der Waals surface area contributed by atoms with Crippen LogP contribution in [0.4, 0.5) is 0 Å². The third kappa shape index (κ3) is 6.42. The lowest BCUT2D eigenvalue weighted by atomic mass is 9.77. The number of carboxylic acids is 1. The van der Waals surface area contributed by atoms with E-state index in [2.05, 4.69) is 60.6 Å². The van der Waals surface area contributed by atoms with Crippen molar-refractivity contribution in [2.45, 2.75) is 66.2 Å². The molecule has 0 aliphatic rings. The van der Waals surface area contributed by atoms with Crippen LogP contribution in [0.2, 0.25) is 0 Å². The maximum atomic E-state index is 10.7. The molecule has 3 heteroatoms. The van der Waals surface area contributed by atoms with Crippen LogP contribution in [0, 0.1) is 0 Å². The number of allylic oxidation sites excluding steroid dienone is 5. The first kappa shape index (κ1) is 22.8. The monoisotopic (exact) mass is 370 g/mol. The molecule has 0 radical (unpaired) electrons. The maximum absolute atomic E-state index is 10.7. The van der Waals surface area contributed by atoms with Crippen molar-refractivity contribution in [3.8, 4) is 5.75 Å². The molecule has 0 aromatic heterocycles. The minimum absolute atomic E-state index is 0.0434. The predicted octanol–water partition coefficient (Wildman–Crippen LogP) is 6.28. The SMILES string of the molecule is COc1c(C(C)(C)C)cc(/C(C)=C/C=CC(C)=CC(=O)O)cc1C(C)(C)C. The average Bonchev–Trinajstić information content (AvgIpc) is 2.50. The van der Waals surface area contributed by atoms with Crippen molar-refractivity contribution in [2.75, 3.05) is 7.11 Å². The van der Waals surface area contributed by atoms with Crippen LogP contribution in [0.3, 0.4) is 0 Å². The summed E-state index contributed by atoms with van der Waals surface area (Å²) in [7, 11) is 1.74. The van der Waals surface area contributed by atoms with Gasteiger partial charge in [0.25, 0.3) is 0 Å². The summed E-state index contributed by atoms with van der Waals surface area (Å²) in [6, 6.07) is 4.40. The van der Waals surface area contributed by atoms with Gasteiger partial charge < -0.3 is 9.84 Å². The molecule has 0 amide bonds. The Labute approximate surface area is 164 Å². The molecule has 0 heterocycles. The molecule has 27 heavy (non-hydrogen) atoms. The summed E-state index contributed by atoms with van der Waals surface area (Å²) >= 11 is 0. The van der Waals surface area contributed by atoms with Crippen LogP contribution in [-0.2, 0) is 15.6 Å². The first-order valence-electron chi connectivity index (χ1n) is 9.27. The zero-order valence-electron chi connectivity index (χ0n) is 18.2. The highest BCUT2D eigenvalue weighted by Gasteiger charge is 2.27. The summed E-state index contributed by atoms with van der Waals surface area (Å²) in [6.07, 6.45) is 6.90. The van der Waals surface area contributed by atoms with Crippen LogP contribution in [-0.4, -0.2) is 18.2 Å². The number of carboxylic acid groups (broad SMARTS) is 1. The van der Waals surface area contributed by atoms with E-state index in [0.29, 0.717) is 5.57 Å². The highest BCUT2D eigenvalue weighted by Crippen LogP contribution is 2.41. The van der Waals surface area contributed by atoms with Crippen LogP contribution in [0.1, 0.15) is 72.1 Å². The minimum Gasteiger partial charge on any atom is -0.496 e. The molecule has 0 spiro atoms. The van der Waals surface area contributed by atoms with Crippen molar-refractivity contribution >= 4 is 11.5 Å². The van der Waals surface area contributed by atoms with E-state index in [9.17, 15) is 4.79 Å². The standard InChI is InChI=1S/C24H34O3/c1-16(13-21(25)26)11-10-12-17(2)18-14-19(23(3,4)5)22(27-9)20(15-18)24(6,7)8/h10-15H,1-9H3,(H,25,26)/b11-10?,16-13?,17-12+. The molecule has 0 saturated heterocycles.